The second-order valence-electron chi connectivity index (χ2n) is 4.86. The first-order valence-electron chi connectivity index (χ1n) is 6.60. The zero-order chi connectivity index (χ0) is 15.4. The van der Waals surface area contributed by atoms with Crippen molar-refractivity contribution in [2.24, 2.45) is 5.84 Å². The van der Waals surface area contributed by atoms with Gasteiger partial charge >= 0.3 is 0 Å². The molecule has 0 fully saturated rings. The van der Waals surface area contributed by atoms with Crippen LogP contribution in [-0.4, -0.2) is 7.11 Å². The van der Waals surface area contributed by atoms with Gasteiger partial charge in [-0.05, 0) is 48.2 Å². The Morgan fingerprint density at radius 3 is 2.76 bits per heavy atom. The highest BCUT2D eigenvalue weighted by Gasteiger charge is 2.17. The van der Waals surface area contributed by atoms with E-state index < -0.39 is 0 Å². The number of hydrogen-bond donors (Lipinski definition) is 2. The molecule has 0 radical (unpaired) electrons. The number of halogens is 2. The first-order chi connectivity index (χ1) is 10.1. The molecule has 0 aromatic heterocycles. The van der Waals surface area contributed by atoms with Crippen LogP contribution in [0.2, 0.25) is 5.02 Å². The molecule has 1 atom stereocenters. The maximum atomic E-state index is 14.2. The third kappa shape index (κ3) is 3.53. The first kappa shape index (κ1) is 15.8. The summed E-state index contributed by atoms with van der Waals surface area (Å²) in [6, 6.07) is 10.4. The minimum absolute atomic E-state index is 0.228. The van der Waals surface area contributed by atoms with E-state index >= 15 is 0 Å². The molecular weight excluding hydrogens is 291 g/mol. The number of benzene rings is 2. The maximum absolute atomic E-state index is 14.2. The average molecular weight is 309 g/mol. The standard InChI is InChI=1S/C16H18ClFN2O/c1-10-6-7-12(17)9-13(10)14(20-19)8-11-4-3-5-15(21-2)16(11)18/h3-7,9,14,20H,8,19H2,1-2H3. The van der Waals surface area contributed by atoms with Crippen LogP contribution in [0.15, 0.2) is 36.4 Å². The second-order valence-corrected chi connectivity index (χ2v) is 5.29. The van der Waals surface area contributed by atoms with Crippen LogP contribution in [0.1, 0.15) is 22.7 Å². The fourth-order valence-corrected chi connectivity index (χ4v) is 2.52. The number of hydrogen-bond acceptors (Lipinski definition) is 3. The number of ether oxygens (including phenoxy) is 1. The fraction of sp³-hybridized carbons (Fsp3) is 0.250. The molecule has 0 heterocycles. The number of nitrogens with one attached hydrogen (secondary N) is 1. The minimum atomic E-state index is -0.361. The van der Waals surface area contributed by atoms with Gasteiger partial charge in [0.1, 0.15) is 0 Å². The van der Waals surface area contributed by atoms with E-state index in [1.54, 1.807) is 18.2 Å². The van der Waals surface area contributed by atoms with Crippen LogP contribution in [0.5, 0.6) is 5.75 Å². The molecule has 112 valence electrons. The highest BCUT2D eigenvalue weighted by Crippen LogP contribution is 2.27. The number of rotatable bonds is 5. The van der Waals surface area contributed by atoms with Gasteiger partial charge in [-0.25, -0.2) is 4.39 Å². The molecule has 0 bridgehead atoms. The molecule has 5 heteroatoms. The molecule has 3 nitrogen and oxygen atoms in total. The Morgan fingerprint density at radius 1 is 1.33 bits per heavy atom. The number of nitrogens with two attached hydrogens (primary N) is 1. The predicted molar refractivity (Wildman–Crippen MR) is 82.9 cm³/mol. The lowest BCUT2D eigenvalue weighted by Gasteiger charge is -2.19. The summed E-state index contributed by atoms with van der Waals surface area (Å²) in [7, 11) is 1.45. The Bertz CT molecular complexity index is 634. The van der Waals surface area contributed by atoms with E-state index in [4.69, 9.17) is 22.2 Å². The molecule has 0 aliphatic rings. The van der Waals surface area contributed by atoms with Crippen molar-refractivity contribution >= 4 is 11.6 Å². The average Bonchev–Trinajstić information content (AvgIpc) is 2.49. The van der Waals surface area contributed by atoms with Crippen molar-refractivity contribution in [2.75, 3.05) is 7.11 Å². The van der Waals surface area contributed by atoms with Crippen molar-refractivity contribution in [1.29, 1.82) is 0 Å². The van der Waals surface area contributed by atoms with Crippen LogP contribution >= 0.6 is 11.6 Å². The molecule has 0 aliphatic carbocycles. The number of hydrazine groups is 1. The van der Waals surface area contributed by atoms with Gasteiger partial charge in [0.2, 0.25) is 0 Å². The van der Waals surface area contributed by atoms with Crippen molar-refractivity contribution in [3.8, 4) is 5.75 Å². The summed E-state index contributed by atoms with van der Waals surface area (Å²) in [6.07, 6.45) is 0.403. The van der Waals surface area contributed by atoms with Crippen molar-refractivity contribution in [2.45, 2.75) is 19.4 Å². The van der Waals surface area contributed by atoms with E-state index in [2.05, 4.69) is 5.43 Å². The van der Waals surface area contributed by atoms with Crippen LogP contribution < -0.4 is 16.0 Å². The molecule has 0 amide bonds. The summed E-state index contributed by atoms with van der Waals surface area (Å²) in [6.45, 7) is 1.97. The summed E-state index contributed by atoms with van der Waals surface area (Å²) in [5, 5.41) is 0.627. The van der Waals surface area contributed by atoms with Gasteiger partial charge in [0.05, 0.1) is 13.2 Å². The lowest BCUT2D eigenvalue weighted by molar-refractivity contribution is 0.382. The van der Waals surface area contributed by atoms with Crippen LogP contribution in [-0.2, 0) is 6.42 Å². The lowest BCUT2D eigenvalue weighted by atomic mass is 9.95. The van der Waals surface area contributed by atoms with E-state index in [0.29, 0.717) is 17.0 Å². The SMILES string of the molecule is COc1cccc(CC(NN)c2cc(Cl)ccc2C)c1F. The normalized spacial score (nSPS) is 12.2. The van der Waals surface area contributed by atoms with Crippen molar-refractivity contribution < 1.29 is 9.13 Å². The van der Waals surface area contributed by atoms with Gasteiger partial charge in [0.15, 0.2) is 11.6 Å². The van der Waals surface area contributed by atoms with Gasteiger partial charge in [-0.15, -0.1) is 0 Å². The highest BCUT2D eigenvalue weighted by atomic mass is 35.5. The monoisotopic (exact) mass is 308 g/mol. The summed E-state index contributed by atoms with van der Waals surface area (Å²) in [5.74, 6) is 5.51. The molecule has 2 rings (SSSR count). The smallest absolute Gasteiger partial charge is 0.168 e. The van der Waals surface area contributed by atoms with E-state index in [9.17, 15) is 4.39 Å². The topological polar surface area (TPSA) is 47.3 Å². The molecule has 2 aromatic rings. The van der Waals surface area contributed by atoms with Gasteiger partial charge in [-0.3, -0.25) is 11.3 Å². The van der Waals surface area contributed by atoms with E-state index in [0.717, 1.165) is 11.1 Å². The van der Waals surface area contributed by atoms with Crippen LogP contribution in [0.3, 0.4) is 0 Å². The maximum Gasteiger partial charge on any atom is 0.168 e. The fourth-order valence-electron chi connectivity index (χ4n) is 2.34. The lowest BCUT2D eigenvalue weighted by Crippen LogP contribution is -2.30. The quantitative estimate of drug-likeness (QED) is 0.656. The molecule has 0 saturated carbocycles. The van der Waals surface area contributed by atoms with Gasteiger partial charge in [-0.1, -0.05) is 29.8 Å². The van der Waals surface area contributed by atoms with E-state index in [-0.39, 0.29) is 17.6 Å². The first-order valence-corrected chi connectivity index (χ1v) is 6.98. The molecule has 0 saturated heterocycles. The Morgan fingerprint density at radius 2 is 2.10 bits per heavy atom. The predicted octanol–water partition coefficient (Wildman–Crippen LogP) is 3.54. The Labute approximate surface area is 128 Å². The van der Waals surface area contributed by atoms with Crippen LogP contribution in [0, 0.1) is 12.7 Å². The largest absolute Gasteiger partial charge is 0.494 e. The minimum Gasteiger partial charge on any atom is -0.494 e. The Hall–Kier alpha value is -1.62. The molecule has 21 heavy (non-hydrogen) atoms. The zero-order valence-corrected chi connectivity index (χ0v) is 12.7. The third-order valence-corrected chi connectivity index (χ3v) is 3.74. The molecule has 2 aromatic carbocycles. The van der Waals surface area contributed by atoms with Crippen LogP contribution in [0.25, 0.3) is 0 Å². The number of methoxy groups -OCH3 is 1. The van der Waals surface area contributed by atoms with Crippen molar-refractivity contribution in [3.05, 3.63) is 63.9 Å². The second kappa shape index (κ2) is 6.89. The van der Waals surface area contributed by atoms with Gasteiger partial charge in [0.25, 0.3) is 0 Å². The van der Waals surface area contributed by atoms with Crippen molar-refractivity contribution in [1.82, 2.24) is 5.43 Å². The Balaban J connectivity index is 2.33. The summed E-state index contributed by atoms with van der Waals surface area (Å²) in [4.78, 5) is 0. The summed E-state index contributed by atoms with van der Waals surface area (Å²) in [5.41, 5.74) is 5.27. The highest BCUT2D eigenvalue weighted by molar-refractivity contribution is 6.30. The van der Waals surface area contributed by atoms with Gasteiger partial charge in [-0.2, -0.15) is 0 Å². The van der Waals surface area contributed by atoms with E-state index in [1.165, 1.54) is 7.11 Å². The summed E-state index contributed by atoms with van der Waals surface area (Å²) < 4.78 is 19.2. The third-order valence-electron chi connectivity index (χ3n) is 3.51. The Kier molecular flexibility index (Phi) is 5.17. The molecular formula is C16H18ClFN2O. The zero-order valence-electron chi connectivity index (χ0n) is 12.0. The molecule has 3 N–H and O–H groups in total. The van der Waals surface area contributed by atoms with Gasteiger partial charge in [0, 0.05) is 5.02 Å². The molecule has 0 aliphatic heterocycles. The van der Waals surface area contributed by atoms with Crippen LogP contribution in [0.4, 0.5) is 4.39 Å². The molecule has 1 unspecified atom stereocenters. The van der Waals surface area contributed by atoms with E-state index in [1.807, 2.05) is 25.1 Å². The summed E-state index contributed by atoms with van der Waals surface area (Å²) >= 11 is 6.04. The molecule has 0 spiro atoms. The van der Waals surface area contributed by atoms with Crippen molar-refractivity contribution in [3.63, 3.8) is 0 Å². The van der Waals surface area contributed by atoms with Gasteiger partial charge < -0.3 is 4.74 Å². The number of aryl methyl sites for hydroxylation is 1.